The van der Waals surface area contributed by atoms with Gasteiger partial charge >= 0.3 is 12.1 Å². The third-order valence-corrected chi connectivity index (χ3v) is 5.09. The van der Waals surface area contributed by atoms with Gasteiger partial charge in [-0.15, -0.1) is 0 Å². The largest absolute Gasteiger partial charge is 0.462 e. The van der Waals surface area contributed by atoms with Gasteiger partial charge in [-0.2, -0.15) is 13.2 Å². The smallest absolute Gasteiger partial charge is 0.416 e. The van der Waals surface area contributed by atoms with Gasteiger partial charge in [-0.3, -0.25) is 4.90 Å². The van der Waals surface area contributed by atoms with Crippen molar-refractivity contribution in [1.82, 2.24) is 4.90 Å². The van der Waals surface area contributed by atoms with Crippen LogP contribution in [0.1, 0.15) is 28.4 Å². The lowest BCUT2D eigenvalue weighted by Crippen LogP contribution is -2.47. The second-order valence-electron chi connectivity index (χ2n) is 7.04. The number of nitrogens with zero attached hydrogens (tertiary/aromatic N) is 2. The van der Waals surface area contributed by atoms with Crippen molar-refractivity contribution in [2.75, 3.05) is 44.2 Å². The Labute approximate surface area is 168 Å². The van der Waals surface area contributed by atoms with Crippen LogP contribution in [-0.2, 0) is 17.3 Å². The molecule has 1 saturated heterocycles. The molecule has 3 rings (SSSR count). The summed E-state index contributed by atoms with van der Waals surface area (Å²) in [5.74, 6) is -0.315. The molecule has 0 unspecified atom stereocenters. The Morgan fingerprint density at radius 1 is 1.03 bits per heavy atom. The van der Waals surface area contributed by atoms with Crippen LogP contribution in [0.3, 0.4) is 0 Å². The zero-order chi connectivity index (χ0) is 20.9. The van der Waals surface area contributed by atoms with Gasteiger partial charge in [0, 0.05) is 38.4 Å². The number of benzene rings is 2. The summed E-state index contributed by atoms with van der Waals surface area (Å²) in [7, 11) is 0. The van der Waals surface area contributed by atoms with Crippen LogP contribution in [0, 0.1) is 0 Å². The van der Waals surface area contributed by atoms with Crippen molar-refractivity contribution in [1.29, 1.82) is 0 Å². The van der Waals surface area contributed by atoms with Crippen molar-refractivity contribution in [2.45, 2.75) is 19.5 Å². The van der Waals surface area contributed by atoms with Gasteiger partial charge in [-0.25, -0.2) is 4.79 Å². The van der Waals surface area contributed by atoms with Crippen LogP contribution in [0.5, 0.6) is 0 Å². The molecule has 4 nitrogen and oxygen atoms in total. The van der Waals surface area contributed by atoms with Crippen LogP contribution in [0.15, 0.2) is 48.5 Å². The van der Waals surface area contributed by atoms with E-state index in [2.05, 4.69) is 4.90 Å². The van der Waals surface area contributed by atoms with Crippen molar-refractivity contribution in [3.05, 3.63) is 65.2 Å². The number of anilines is 1. The van der Waals surface area contributed by atoms with Gasteiger partial charge in [0.25, 0.3) is 0 Å². The number of carbonyl (C=O) groups excluding carboxylic acids is 1. The minimum atomic E-state index is -4.32. The van der Waals surface area contributed by atoms with Gasteiger partial charge in [0.1, 0.15) is 0 Å². The number of esters is 1. The molecule has 0 bridgehead atoms. The molecule has 0 atom stereocenters. The van der Waals surface area contributed by atoms with Crippen LogP contribution in [0.25, 0.3) is 0 Å². The predicted octanol–water partition coefficient (Wildman–Crippen LogP) is 4.25. The van der Waals surface area contributed by atoms with Gasteiger partial charge in [0.15, 0.2) is 0 Å². The van der Waals surface area contributed by atoms with Crippen LogP contribution in [0.2, 0.25) is 0 Å². The molecule has 0 radical (unpaired) electrons. The normalized spacial score (nSPS) is 15.4. The zero-order valence-corrected chi connectivity index (χ0v) is 16.4. The number of rotatable bonds is 6. The van der Waals surface area contributed by atoms with Gasteiger partial charge in [0.2, 0.25) is 0 Å². The number of ether oxygens (including phenoxy) is 1. The summed E-state index contributed by atoms with van der Waals surface area (Å²) in [4.78, 5) is 16.0. The molecule has 0 aliphatic carbocycles. The highest BCUT2D eigenvalue weighted by atomic mass is 19.4. The fourth-order valence-corrected chi connectivity index (χ4v) is 3.42. The quantitative estimate of drug-likeness (QED) is 0.672. The van der Waals surface area contributed by atoms with E-state index in [0.29, 0.717) is 30.9 Å². The lowest BCUT2D eigenvalue weighted by Gasteiger charge is -2.36. The van der Waals surface area contributed by atoms with Crippen LogP contribution in [-0.4, -0.2) is 50.2 Å². The third kappa shape index (κ3) is 5.73. The first-order valence-electron chi connectivity index (χ1n) is 9.77. The number of alkyl halides is 3. The van der Waals surface area contributed by atoms with Gasteiger partial charge in [-0.1, -0.05) is 18.2 Å². The third-order valence-electron chi connectivity index (χ3n) is 5.09. The summed E-state index contributed by atoms with van der Waals surface area (Å²) < 4.78 is 43.7. The molecule has 1 aliphatic rings. The Balaban J connectivity index is 1.48. The number of halogens is 3. The van der Waals surface area contributed by atoms with E-state index in [1.165, 1.54) is 12.1 Å². The molecule has 0 spiro atoms. The second kappa shape index (κ2) is 9.31. The molecule has 0 amide bonds. The number of hydrogen-bond donors (Lipinski definition) is 0. The fourth-order valence-electron chi connectivity index (χ4n) is 3.42. The van der Waals surface area contributed by atoms with E-state index in [4.69, 9.17) is 4.74 Å². The molecule has 1 aliphatic heterocycles. The minimum Gasteiger partial charge on any atom is -0.462 e. The van der Waals surface area contributed by atoms with Crippen LogP contribution in [0.4, 0.5) is 18.9 Å². The first kappa shape index (κ1) is 21.2. The van der Waals surface area contributed by atoms with E-state index in [9.17, 15) is 18.0 Å². The number of piperazine rings is 1. The Morgan fingerprint density at radius 2 is 1.72 bits per heavy atom. The second-order valence-corrected chi connectivity index (χ2v) is 7.04. The molecule has 7 heteroatoms. The number of hydrogen-bond acceptors (Lipinski definition) is 4. The fraction of sp³-hybridized carbons (Fsp3) is 0.409. The zero-order valence-electron chi connectivity index (χ0n) is 16.4. The highest BCUT2D eigenvalue weighted by Crippen LogP contribution is 2.31. The summed E-state index contributed by atoms with van der Waals surface area (Å²) in [6.07, 6.45) is -3.46. The SMILES string of the molecule is CCOC(=O)c1ccc(CCN2CCN(c3cccc(C(F)(F)F)c3)CC2)cc1. The van der Waals surface area contributed by atoms with Crippen molar-refractivity contribution in [3.63, 3.8) is 0 Å². The van der Waals surface area contributed by atoms with E-state index < -0.39 is 11.7 Å². The maximum absolute atomic E-state index is 12.9. The van der Waals surface area contributed by atoms with Gasteiger partial charge in [0.05, 0.1) is 17.7 Å². The van der Waals surface area contributed by atoms with Crippen molar-refractivity contribution < 1.29 is 22.7 Å². The molecule has 2 aromatic rings. The molecule has 0 saturated carbocycles. The van der Waals surface area contributed by atoms with Crippen LogP contribution < -0.4 is 4.90 Å². The Morgan fingerprint density at radius 3 is 2.34 bits per heavy atom. The van der Waals surface area contributed by atoms with Gasteiger partial charge < -0.3 is 9.64 Å². The predicted molar refractivity (Wildman–Crippen MR) is 106 cm³/mol. The average Bonchev–Trinajstić information content (AvgIpc) is 2.73. The van der Waals surface area contributed by atoms with E-state index in [1.54, 1.807) is 25.1 Å². The molecule has 0 N–H and O–H groups in total. The lowest BCUT2D eigenvalue weighted by molar-refractivity contribution is -0.137. The summed E-state index contributed by atoms with van der Waals surface area (Å²) in [6, 6.07) is 12.9. The van der Waals surface area contributed by atoms with E-state index in [0.717, 1.165) is 37.7 Å². The summed E-state index contributed by atoms with van der Waals surface area (Å²) in [6.45, 7) is 6.00. The monoisotopic (exact) mass is 406 g/mol. The van der Waals surface area contributed by atoms with Crippen molar-refractivity contribution in [2.24, 2.45) is 0 Å². The first-order chi connectivity index (χ1) is 13.9. The van der Waals surface area contributed by atoms with Gasteiger partial charge in [-0.05, 0) is 49.2 Å². The maximum atomic E-state index is 12.9. The molecular weight excluding hydrogens is 381 g/mol. The Kier molecular flexibility index (Phi) is 6.79. The molecule has 1 heterocycles. The van der Waals surface area contributed by atoms with Crippen molar-refractivity contribution in [3.8, 4) is 0 Å². The highest BCUT2D eigenvalue weighted by molar-refractivity contribution is 5.89. The average molecular weight is 406 g/mol. The molecule has 1 fully saturated rings. The standard InChI is InChI=1S/C22H25F3N2O2/c1-2-29-21(28)18-8-6-17(7-9-18)10-11-26-12-14-27(15-13-26)20-5-3-4-19(16-20)22(23,24)25/h3-9,16H,2,10-15H2,1H3. The summed E-state index contributed by atoms with van der Waals surface area (Å²) >= 11 is 0. The topological polar surface area (TPSA) is 32.8 Å². The van der Waals surface area contributed by atoms with Crippen LogP contribution >= 0.6 is 0 Å². The Bertz CT molecular complexity index is 814. The molecule has 2 aromatic carbocycles. The molecule has 29 heavy (non-hydrogen) atoms. The summed E-state index contributed by atoms with van der Waals surface area (Å²) in [5.41, 5.74) is 1.70. The molecule has 156 valence electrons. The highest BCUT2D eigenvalue weighted by Gasteiger charge is 2.31. The van der Waals surface area contributed by atoms with Crippen molar-refractivity contribution >= 4 is 11.7 Å². The molecular formula is C22H25F3N2O2. The maximum Gasteiger partial charge on any atom is 0.416 e. The molecule has 0 aromatic heterocycles. The lowest BCUT2D eigenvalue weighted by atomic mass is 10.1. The van der Waals surface area contributed by atoms with E-state index in [1.807, 2.05) is 17.0 Å². The number of carbonyl (C=O) groups is 1. The van der Waals surface area contributed by atoms with E-state index in [-0.39, 0.29) is 5.97 Å². The summed E-state index contributed by atoms with van der Waals surface area (Å²) in [5, 5.41) is 0. The minimum absolute atomic E-state index is 0.315. The first-order valence-corrected chi connectivity index (χ1v) is 9.77. The Hall–Kier alpha value is -2.54. The van der Waals surface area contributed by atoms with E-state index >= 15 is 0 Å².